The van der Waals surface area contributed by atoms with Crippen molar-refractivity contribution in [2.24, 2.45) is 17.3 Å². The minimum atomic E-state index is -0.255. The van der Waals surface area contributed by atoms with Crippen LogP contribution in [0, 0.1) is 24.2 Å². The van der Waals surface area contributed by atoms with E-state index in [0.29, 0.717) is 17.7 Å². The van der Waals surface area contributed by atoms with Gasteiger partial charge in [-0.05, 0) is 98.1 Å². The number of pyridine rings is 1. The lowest BCUT2D eigenvalue weighted by atomic mass is 9.42. The van der Waals surface area contributed by atoms with Gasteiger partial charge in [0.25, 0.3) is 0 Å². The van der Waals surface area contributed by atoms with Gasteiger partial charge < -0.3 is 10.1 Å². The first-order valence-corrected chi connectivity index (χ1v) is 10.4. The lowest BCUT2D eigenvalue weighted by Crippen LogP contribution is -2.58. The fraction of sp³-hybridized carbons (Fsp3) is 0.500. The van der Waals surface area contributed by atoms with E-state index in [0.717, 1.165) is 30.6 Å². The van der Waals surface area contributed by atoms with Crippen molar-refractivity contribution < 1.29 is 9.53 Å². The number of benzene rings is 1. The molecule has 0 aliphatic heterocycles. The van der Waals surface area contributed by atoms with E-state index in [1.54, 1.807) is 13.3 Å². The molecule has 4 nitrogen and oxygen atoms in total. The summed E-state index contributed by atoms with van der Waals surface area (Å²) in [6, 6.07) is 12.5. The van der Waals surface area contributed by atoms with Crippen LogP contribution in [0.25, 0.3) is 0 Å². The van der Waals surface area contributed by atoms with Crippen molar-refractivity contribution in [1.82, 2.24) is 4.98 Å². The van der Waals surface area contributed by atoms with Gasteiger partial charge in [-0.2, -0.15) is 0 Å². The maximum atomic E-state index is 13.5. The van der Waals surface area contributed by atoms with Crippen LogP contribution < -0.4 is 10.1 Å². The first kappa shape index (κ1) is 17.7. The van der Waals surface area contributed by atoms with Crippen LogP contribution in [0.1, 0.15) is 49.7 Å². The summed E-state index contributed by atoms with van der Waals surface area (Å²) in [4.78, 5) is 17.8. The van der Waals surface area contributed by atoms with Crippen LogP contribution in [0.15, 0.2) is 42.6 Å². The van der Waals surface area contributed by atoms with E-state index in [2.05, 4.69) is 34.6 Å². The zero-order valence-electron chi connectivity index (χ0n) is 16.7. The largest absolute Gasteiger partial charge is 0.497 e. The zero-order chi connectivity index (χ0) is 19.4. The number of carbonyl (C=O) groups excluding carboxylic acids is 1. The minimum absolute atomic E-state index is 0.133. The number of nitrogens with one attached hydrogen (secondary N) is 1. The first-order valence-electron chi connectivity index (χ1n) is 10.4. The summed E-state index contributed by atoms with van der Waals surface area (Å²) in [6.07, 6.45) is 8.50. The minimum Gasteiger partial charge on any atom is -0.497 e. The SMILES string of the molecule is COc1ccc(C23CC4CC(CC(C(=O)Nc5cc(C)ccn5)(C4)C2)C3)cc1. The van der Waals surface area contributed by atoms with Gasteiger partial charge in [-0.1, -0.05) is 12.1 Å². The van der Waals surface area contributed by atoms with Gasteiger partial charge >= 0.3 is 0 Å². The monoisotopic (exact) mass is 376 g/mol. The lowest BCUT2D eigenvalue weighted by Gasteiger charge is -2.61. The van der Waals surface area contributed by atoms with Crippen LogP contribution >= 0.6 is 0 Å². The van der Waals surface area contributed by atoms with Crippen molar-refractivity contribution in [2.45, 2.75) is 50.9 Å². The highest BCUT2D eigenvalue weighted by Crippen LogP contribution is 2.66. The van der Waals surface area contributed by atoms with Crippen molar-refractivity contribution in [2.75, 3.05) is 12.4 Å². The van der Waals surface area contributed by atoms with Crippen molar-refractivity contribution in [1.29, 1.82) is 0 Å². The summed E-state index contributed by atoms with van der Waals surface area (Å²) >= 11 is 0. The standard InChI is InChI=1S/C24H28N2O2/c1-16-7-8-25-21(9-16)26-22(27)24-13-17-10-18(14-24)12-23(11-17,15-24)19-3-5-20(28-2)6-4-19/h3-9,17-18H,10-15H2,1-2H3,(H,25,26,27). The molecule has 1 heterocycles. The lowest BCUT2D eigenvalue weighted by molar-refractivity contribution is -0.143. The Labute approximate surface area is 166 Å². The van der Waals surface area contributed by atoms with Gasteiger partial charge in [0.15, 0.2) is 0 Å². The topological polar surface area (TPSA) is 51.2 Å². The second-order valence-corrected chi connectivity index (χ2v) is 9.42. The summed E-state index contributed by atoms with van der Waals surface area (Å²) in [7, 11) is 1.71. The quantitative estimate of drug-likeness (QED) is 0.828. The maximum absolute atomic E-state index is 13.5. The van der Waals surface area contributed by atoms with Gasteiger partial charge in [0.1, 0.15) is 11.6 Å². The highest BCUT2D eigenvalue weighted by atomic mass is 16.5. The predicted octanol–water partition coefficient (Wildman–Crippen LogP) is 4.88. The summed E-state index contributed by atoms with van der Waals surface area (Å²) in [6.45, 7) is 2.03. The maximum Gasteiger partial charge on any atom is 0.231 e. The van der Waals surface area contributed by atoms with E-state index in [-0.39, 0.29) is 16.7 Å². The average molecular weight is 377 g/mol. The third-order valence-corrected chi connectivity index (χ3v) is 7.40. The number of hydrogen-bond donors (Lipinski definition) is 1. The molecule has 4 heteroatoms. The Balaban J connectivity index is 1.46. The van der Waals surface area contributed by atoms with E-state index < -0.39 is 0 Å². The van der Waals surface area contributed by atoms with Crippen LogP contribution in [-0.4, -0.2) is 18.0 Å². The van der Waals surface area contributed by atoms with Crippen LogP contribution in [0.4, 0.5) is 5.82 Å². The molecule has 1 amide bonds. The summed E-state index contributed by atoms with van der Waals surface area (Å²) in [5.74, 6) is 3.06. The molecule has 1 aromatic heterocycles. The molecule has 4 aliphatic rings. The predicted molar refractivity (Wildman–Crippen MR) is 109 cm³/mol. The number of hydrogen-bond acceptors (Lipinski definition) is 3. The molecule has 4 aliphatic carbocycles. The Morgan fingerprint density at radius 1 is 1.11 bits per heavy atom. The molecular formula is C24H28N2O2. The molecule has 0 radical (unpaired) electrons. The summed E-state index contributed by atoms with van der Waals surface area (Å²) in [5, 5.41) is 3.16. The van der Waals surface area contributed by atoms with Crippen LogP contribution in [0.2, 0.25) is 0 Å². The number of amides is 1. The summed E-state index contributed by atoms with van der Waals surface area (Å²) < 4.78 is 5.35. The molecule has 6 rings (SSSR count). The zero-order valence-corrected chi connectivity index (χ0v) is 16.7. The molecule has 2 atom stereocenters. The number of ether oxygens (including phenoxy) is 1. The number of anilines is 1. The van der Waals surface area contributed by atoms with E-state index in [9.17, 15) is 4.79 Å². The van der Waals surface area contributed by atoms with E-state index in [1.165, 1.54) is 24.8 Å². The molecule has 0 spiro atoms. The third-order valence-electron chi connectivity index (χ3n) is 7.40. The Hall–Kier alpha value is -2.36. The second kappa shape index (κ2) is 6.33. The number of rotatable bonds is 4. The Morgan fingerprint density at radius 2 is 1.82 bits per heavy atom. The van der Waals surface area contributed by atoms with Crippen LogP contribution in [0.5, 0.6) is 5.75 Å². The fourth-order valence-corrected chi connectivity index (χ4v) is 6.66. The molecule has 1 N–H and O–H groups in total. The van der Waals surface area contributed by atoms with Gasteiger partial charge in [0.05, 0.1) is 12.5 Å². The fourth-order valence-electron chi connectivity index (χ4n) is 6.66. The van der Waals surface area contributed by atoms with Crippen molar-refractivity contribution >= 4 is 11.7 Å². The highest BCUT2D eigenvalue weighted by Gasteiger charge is 2.60. The van der Waals surface area contributed by atoms with Gasteiger partial charge in [-0.15, -0.1) is 0 Å². The summed E-state index contributed by atoms with van der Waals surface area (Å²) in [5.41, 5.74) is 2.38. The normalized spacial score (nSPS) is 32.9. The first-order chi connectivity index (χ1) is 13.5. The smallest absolute Gasteiger partial charge is 0.231 e. The van der Waals surface area contributed by atoms with Gasteiger partial charge in [0, 0.05) is 6.20 Å². The molecule has 2 aromatic rings. The number of carbonyl (C=O) groups is 1. The van der Waals surface area contributed by atoms with E-state index >= 15 is 0 Å². The number of aromatic nitrogens is 1. The van der Waals surface area contributed by atoms with Crippen molar-refractivity contribution in [3.8, 4) is 5.75 Å². The second-order valence-electron chi connectivity index (χ2n) is 9.42. The number of methoxy groups -OCH3 is 1. The average Bonchev–Trinajstić information content (AvgIpc) is 2.67. The van der Waals surface area contributed by atoms with Crippen LogP contribution in [0.3, 0.4) is 0 Å². The third kappa shape index (κ3) is 2.81. The van der Waals surface area contributed by atoms with Crippen molar-refractivity contribution in [3.05, 3.63) is 53.7 Å². The Bertz CT molecular complexity index is 891. The number of nitrogens with zero attached hydrogens (tertiary/aromatic N) is 1. The molecular weight excluding hydrogens is 348 g/mol. The Kier molecular flexibility index (Phi) is 4.01. The van der Waals surface area contributed by atoms with Gasteiger partial charge in [-0.25, -0.2) is 4.98 Å². The highest BCUT2D eigenvalue weighted by molar-refractivity contribution is 5.95. The Morgan fingerprint density at radius 3 is 2.46 bits per heavy atom. The molecule has 0 saturated heterocycles. The van der Waals surface area contributed by atoms with Gasteiger partial charge in [-0.3, -0.25) is 4.79 Å². The molecule has 28 heavy (non-hydrogen) atoms. The molecule has 1 aromatic carbocycles. The van der Waals surface area contributed by atoms with Gasteiger partial charge in [0.2, 0.25) is 5.91 Å². The molecule has 2 unspecified atom stereocenters. The molecule has 4 fully saturated rings. The van der Waals surface area contributed by atoms with E-state index in [4.69, 9.17) is 4.74 Å². The van der Waals surface area contributed by atoms with E-state index in [1.807, 2.05) is 19.1 Å². The van der Waals surface area contributed by atoms with Crippen LogP contribution in [-0.2, 0) is 10.2 Å². The molecule has 4 saturated carbocycles. The van der Waals surface area contributed by atoms with Crippen molar-refractivity contribution in [3.63, 3.8) is 0 Å². The molecule has 4 bridgehead atoms. The molecule has 146 valence electrons. The number of aryl methyl sites for hydroxylation is 1.